The minimum Gasteiger partial charge on any atom is -0.494 e. The van der Waals surface area contributed by atoms with Crippen molar-refractivity contribution in [2.24, 2.45) is 0 Å². The highest BCUT2D eigenvalue weighted by atomic mass is 19.1. The fourth-order valence-electron chi connectivity index (χ4n) is 1.93. The lowest BCUT2D eigenvalue weighted by Crippen LogP contribution is -2.07. The summed E-state index contributed by atoms with van der Waals surface area (Å²) in [5.41, 5.74) is -0.878. The van der Waals surface area contributed by atoms with Crippen LogP contribution in [0, 0.1) is 28.8 Å². The largest absolute Gasteiger partial charge is 0.494 e. The van der Waals surface area contributed by atoms with E-state index in [0.29, 0.717) is 0 Å². The van der Waals surface area contributed by atoms with E-state index in [1.807, 2.05) is 0 Å². The Labute approximate surface area is 118 Å². The van der Waals surface area contributed by atoms with E-state index in [1.54, 1.807) is 6.07 Å². The average Bonchev–Trinajstić information content (AvgIpc) is 2.46. The van der Waals surface area contributed by atoms with Crippen molar-refractivity contribution in [2.45, 2.75) is 6.10 Å². The zero-order valence-electron chi connectivity index (χ0n) is 10.9. The Kier molecular flexibility index (Phi) is 4.15. The van der Waals surface area contributed by atoms with E-state index < -0.39 is 29.1 Å². The number of benzene rings is 2. The molecule has 0 bridgehead atoms. The van der Waals surface area contributed by atoms with Gasteiger partial charge in [0, 0.05) is 0 Å². The molecule has 0 aliphatic rings. The number of hydrogen-bond donors (Lipinski definition) is 1. The first-order valence-electron chi connectivity index (χ1n) is 5.88. The summed E-state index contributed by atoms with van der Waals surface area (Å²) in [5.74, 6) is -2.96. The summed E-state index contributed by atoms with van der Waals surface area (Å²) in [6.45, 7) is 0. The maximum absolute atomic E-state index is 13.8. The number of ether oxygens (including phenoxy) is 1. The molecule has 3 nitrogen and oxygen atoms in total. The number of aliphatic hydroxyl groups excluding tert-OH is 1. The first kappa shape index (κ1) is 14.9. The van der Waals surface area contributed by atoms with Crippen molar-refractivity contribution in [1.82, 2.24) is 0 Å². The van der Waals surface area contributed by atoms with Crippen molar-refractivity contribution in [1.29, 1.82) is 5.26 Å². The van der Waals surface area contributed by atoms with Crippen molar-refractivity contribution in [3.63, 3.8) is 0 Å². The molecular formula is C15H10F3NO2. The van der Waals surface area contributed by atoms with Crippen molar-refractivity contribution < 1.29 is 23.0 Å². The van der Waals surface area contributed by atoms with E-state index in [4.69, 9.17) is 10.00 Å². The average molecular weight is 293 g/mol. The number of nitrogens with zero attached hydrogens (tertiary/aromatic N) is 1. The number of aliphatic hydroxyl groups is 1. The lowest BCUT2D eigenvalue weighted by Gasteiger charge is -2.14. The Bertz CT molecular complexity index is 702. The maximum atomic E-state index is 13.8. The Morgan fingerprint density at radius 2 is 1.71 bits per heavy atom. The Balaban J connectivity index is 2.48. The fourth-order valence-corrected chi connectivity index (χ4v) is 1.93. The van der Waals surface area contributed by atoms with Gasteiger partial charge in [0.1, 0.15) is 17.7 Å². The van der Waals surface area contributed by atoms with E-state index >= 15 is 0 Å². The summed E-state index contributed by atoms with van der Waals surface area (Å²) in [5, 5.41) is 18.7. The van der Waals surface area contributed by atoms with E-state index in [9.17, 15) is 18.3 Å². The Hall–Kier alpha value is -2.52. The third-order valence-electron chi connectivity index (χ3n) is 2.97. The van der Waals surface area contributed by atoms with Gasteiger partial charge in [-0.05, 0) is 29.8 Å². The molecule has 0 amide bonds. The van der Waals surface area contributed by atoms with Gasteiger partial charge in [-0.15, -0.1) is 0 Å². The lowest BCUT2D eigenvalue weighted by atomic mass is 9.99. The third kappa shape index (κ3) is 2.83. The minimum atomic E-state index is -1.70. The molecule has 0 spiro atoms. The molecule has 0 fully saturated rings. The molecule has 1 atom stereocenters. The molecule has 1 N–H and O–H groups in total. The Morgan fingerprint density at radius 1 is 1.10 bits per heavy atom. The topological polar surface area (TPSA) is 53.2 Å². The summed E-state index contributed by atoms with van der Waals surface area (Å²) in [4.78, 5) is 0. The SMILES string of the molecule is COc1ccc(C(O)c2c(F)cc(C#N)cc2F)cc1F. The first-order chi connectivity index (χ1) is 9.97. The molecule has 0 aliphatic carbocycles. The number of methoxy groups -OCH3 is 1. The standard InChI is InChI=1S/C15H10F3NO2/c1-21-13-3-2-9(6-10(13)16)15(20)14-11(17)4-8(7-19)5-12(14)18/h2-6,15,20H,1H3. The smallest absolute Gasteiger partial charge is 0.165 e. The third-order valence-corrected chi connectivity index (χ3v) is 2.97. The van der Waals surface area contributed by atoms with Gasteiger partial charge in [0.2, 0.25) is 0 Å². The summed E-state index contributed by atoms with van der Waals surface area (Å²) < 4.78 is 45.9. The monoisotopic (exact) mass is 293 g/mol. The van der Waals surface area contributed by atoms with Crippen LogP contribution in [0.2, 0.25) is 0 Å². The summed E-state index contributed by atoms with van der Waals surface area (Å²) in [7, 11) is 1.27. The van der Waals surface area contributed by atoms with Gasteiger partial charge in [0.25, 0.3) is 0 Å². The highest BCUT2D eigenvalue weighted by molar-refractivity contribution is 5.40. The fraction of sp³-hybridized carbons (Fsp3) is 0.133. The molecule has 2 aromatic rings. The number of rotatable bonds is 3. The second-order valence-electron chi connectivity index (χ2n) is 4.26. The molecular weight excluding hydrogens is 283 g/mol. The van der Waals surface area contributed by atoms with Gasteiger partial charge >= 0.3 is 0 Å². The highest BCUT2D eigenvalue weighted by Crippen LogP contribution is 2.30. The van der Waals surface area contributed by atoms with Gasteiger partial charge in [0.15, 0.2) is 11.6 Å². The molecule has 0 saturated heterocycles. The van der Waals surface area contributed by atoms with Crippen molar-refractivity contribution >= 4 is 0 Å². The van der Waals surface area contributed by atoms with Gasteiger partial charge in [-0.3, -0.25) is 0 Å². The lowest BCUT2D eigenvalue weighted by molar-refractivity contribution is 0.208. The molecule has 0 radical (unpaired) electrons. The normalized spacial score (nSPS) is 11.8. The van der Waals surface area contributed by atoms with Crippen LogP contribution in [0.3, 0.4) is 0 Å². The first-order valence-corrected chi connectivity index (χ1v) is 5.88. The maximum Gasteiger partial charge on any atom is 0.165 e. The minimum absolute atomic E-state index is 0.0317. The number of hydrogen-bond acceptors (Lipinski definition) is 3. The van der Waals surface area contributed by atoms with Crippen LogP contribution in [0.1, 0.15) is 22.8 Å². The second kappa shape index (κ2) is 5.85. The second-order valence-corrected chi connectivity index (χ2v) is 4.26. The predicted molar refractivity (Wildman–Crippen MR) is 68.1 cm³/mol. The predicted octanol–water partition coefficient (Wildman–Crippen LogP) is 3.07. The van der Waals surface area contributed by atoms with E-state index in [0.717, 1.165) is 18.2 Å². The van der Waals surface area contributed by atoms with Gasteiger partial charge in [-0.1, -0.05) is 6.07 Å². The zero-order valence-corrected chi connectivity index (χ0v) is 10.9. The number of nitriles is 1. The van der Waals surface area contributed by atoms with E-state index in [-0.39, 0.29) is 16.9 Å². The van der Waals surface area contributed by atoms with Crippen LogP contribution in [0.5, 0.6) is 5.75 Å². The van der Waals surface area contributed by atoms with E-state index in [1.165, 1.54) is 19.2 Å². The molecule has 2 aromatic carbocycles. The van der Waals surface area contributed by atoms with Crippen molar-refractivity contribution in [3.05, 3.63) is 64.5 Å². The molecule has 1 unspecified atom stereocenters. The quantitative estimate of drug-likeness (QED) is 0.946. The molecule has 0 saturated carbocycles. The van der Waals surface area contributed by atoms with E-state index in [2.05, 4.69) is 0 Å². The van der Waals surface area contributed by atoms with Crippen molar-refractivity contribution in [3.8, 4) is 11.8 Å². The van der Waals surface area contributed by atoms with Crippen LogP contribution in [0.15, 0.2) is 30.3 Å². The molecule has 21 heavy (non-hydrogen) atoms. The van der Waals surface area contributed by atoms with Crippen LogP contribution >= 0.6 is 0 Å². The van der Waals surface area contributed by atoms with Crippen LogP contribution in [0.4, 0.5) is 13.2 Å². The molecule has 108 valence electrons. The summed E-state index contributed by atoms with van der Waals surface area (Å²) in [6, 6.07) is 6.68. The van der Waals surface area contributed by atoms with Crippen molar-refractivity contribution in [2.75, 3.05) is 7.11 Å². The molecule has 0 heterocycles. The highest BCUT2D eigenvalue weighted by Gasteiger charge is 2.22. The van der Waals surface area contributed by atoms with Crippen LogP contribution < -0.4 is 4.74 Å². The van der Waals surface area contributed by atoms with Crippen LogP contribution in [-0.2, 0) is 0 Å². The van der Waals surface area contributed by atoms with Crippen LogP contribution in [0.25, 0.3) is 0 Å². The molecule has 2 rings (SSSR count). The molecule has 0 aromatic heterocycles. The summed E-state index contributed by atoms with van der Waals surface area (Å²) in [6.07, 6.45) is -1.70. The Morgan fingerprint density at radius 3 is 2.19 bits per heavy atom. The van der Waals surface area contributed by atoms with Gasteiger partial charge in [0.05, 0.1) is 24.3 Å². The zero-order chi connectivity index (χ0) is 15.6. The van der Waals surface area contributed by atoms with Gasteiger partial charge in [-0.2, -0.15) is 5.26 Å². The van der Waals surface area contributed by atoms with Gasteiger partial charge < -0.3 is 9.84 Å². The van der Waals surface area contributed by atoms with Crippen LogP contribution in [-0.4, -0.2) is 12.2 Å². The van der Waals surface area contributed by atoms with Gasteiger partial charge in [-0.25, -0.2) is 13.2 Å². The molecule has 6 heteroatoms. The number of halogens is 3. The molecule has 0 aliphatic heterocycles. The summed E-state index contributed by atoms with van der Waals surface area (Å²) >= 11 is 0.